The molecule has 4 rings (SSSR count). The van der Waals surface area contributed by atoms with Crippen LogP contribution < -0.4 is 10.5 Å². The van der Waals surface area contributed by atoms with E-state index in [1.165, 1.54) is 0 Å². The van der Waals surface area contributed by atoms with Gasteiger partial charge in [0.15, 0.2) is 5.76 Å². The van der Waals surface area contributed by atoms with E-state index in [2.05, 4.69) is 14.9 Å². The number of sulfonamides is 1. The molecule has 0 atom stereocenters. The number of nitrogen functional groups attached to an aromatic ring is 1. The summed E-state index contributed by atoms with van der Waals surface area (Å²) in [6, 6.07) is 8.44. The van der Waals surface area contributed by atoms with Gasteiger partial charge in [-0.05, 0) is 43.2 Å². The zero-order valence-electron chi connectivity index (χ0n) is 18.0. The third-order valence-corrected chi connectivity index (χ3v) is 7.06. The molecule has 1 aromatic carbocycles. The number of rotatable bonds is 6. The Balaban J connectivity index is 1.64. The number of pyridine rings is 1. The highest BCUT2D eigenvalue weighted by Gasteiger charge is 2.31. The van der Waals surface area contributed by atoms with Crippen LogP contribution in [0, 0.1) is 13.8 Å². The van der Waals surface area contributed by atoms with Crippen LogP contribution in [-0.4, -0.2) is 49.0 Å². The van der Waals surface area contributed by atoms with Crippen molar-refractivity contribution in [1.82, 2.24) is 14.9 Å². The molecule has 0 radical (unpaired) electrons. The second kappa shape index (κ2) is 8.62. The summed E-state index contributed by atoms with van der Waals surface area (Å²) >= 11 is 0. The SMILES string of the molecule is Cc1cc(-c2cc(-c3cc(S(=O)(=O)NCC4(O)CCOCC4)ccc3C)cnc2N)on1. The molecule has 0 unspecified atom stereocenters. The van der Waals surface area contributed by atoms with E-state index in [1.807, 2.05) is 13.8 Å². The molecule has 1 saturated heterocycles. The molecule has 2 aromatic heterocycles. The number of benzene rings is 1. The number of nitrogens with zero attached hydrogens (tertiary/aromatic N) is 2. The van der Waals surface area contributed by atoms with Crippen molar-refractivity contribution in [3.63, 3.8) is 0 Å². The minimum Gasteiger partial charge on any atom is -0.388 e. The number of nitrogens with one attached hydrogen (secondary N) is 1. The van der Waals surface area contributed by atoms with Crippen LogP contribution in [0.25, 0.3) is 22.5 Å². The van der Waals surface area contributed by atoms with Gasteiger partial charge in [-0.2, -0.15) is 0 Å². The van der Waals surface area contributed by atoms with Crippen molar-refractivity contribution in [2.75, 3.05) is 25.5 Å². The van der Waals surface area contributed by atoms with E-state index in [9.17, 15) is 13.5 Å². The molecule has 32 heavy (non-hydrogen) atoms. The van der Waals surface area contributed by atoms with Gasteiger partial charge in [0.25, 0.3) is 0 Å². The van der Waals surface area contributed by atoms with Gasteiger partial charge in [0.1, 0.15) is 5.82 Å². The lowest BCUT2D eigenvalue weighted by molar-refractivity contribution is -0.0588. The van der Waals surface area contributed by atoms with E-state index in [-0.39, 0.29) is 17.3 Å². The topological polar surface area (TPSA) is 141 Å². The second-order valence-corrected chi connectivity index (χ2v) is 9.89. The fourth-order valence-electron chi connectivity index (χ4n) is 3.63. The maximum Gasteiger partial charge on any atom is 0.240 e. The zero-order chi connectivity index (χ0) is 22.9. The number of aromatic nitrogens is 2. The summed E-state index contributed by atoms with van der Waals surface area (Å²) in [7, 11) is -3.84. The molecule has 3 aromatic rings. The first-order valence-electron chi connectivity index (χ1n) is 10.3. The molecule has 3 heterocycles. The van der Waals surface area contributed by atoms with Crippen molar-refractivity contribution in [2.45, 2.75) is 37.2 Å². The van der Waals surface area contributed by atoms with Crippen molar-refractivity contribution in [2.24, 2.45) is 0 Å². The highest BCUT2D eigenvalue weighted by molar-refractivity contribution is 7.89. The van der Waals surface area contributed by atoms with Crippen LogP contribution in [0.3, 0.4) is 0 Å². The molecular formula is C22H26N4O5S. The zero-order valence-corrected chi connectivity index (χ0v) is 18.8. The third kappa shape index (κ3) is 4.68. The molecule has 4 N–H and O–H groups in total. The van der Waals surface area contributed by atoms with Gasteiger partial charge in [0.2, 0.25) is 10.0 Å². The predicted molar refractivity (Wildman–Crippen MR) is 119 cm³/mol. The van der Waals surface area contributed by atoms with Gasteiger partial charge in [-0.3, -0.25) is 0 Å². The van der Waals surface area contributed by atoms with Gasteiger partial charge in [-0.15, -0.1) is 0 Å². The van der Waals surface area contributed by atoms with Crippen LogP contribution in [0.5, 0.6) is 0 Å². The van der Waals surface area contributed by atoms with E-state index in [4.69, 9.17) is 15.0 Å². The fourth-order valence-corrected chi connectivity index (χ4v) is 4.78. The van der Waals surface area contributed by atoms with Crippen LogP contribution in [0.4, 0.5) is 5.82 Å². The lowest BCUT2D eigenvalue weighted by Crippen LogP contribution is -2.46. The first-order chi connectivity index (χ1) is 15.2. The van der Waals surface area contributed by atoms with Gasteiger partial charge in [-0.25, -0.2) is 18.1 Å². The molecular weight excluding hydrogens is 432 g/mol. The number of hydrogen-bond donors (Lipinski definition) is 3. The summed E-state index contributed by atoms with van der Waals surface area (Å²) in [6.07, 6.45) is 2.37. The average molecular weight is 459 g/mol. The Labute approximate surface area is 186 Å². The molecule has 1 fully saturated rings. The lowest BCUT2D eigenvalue weighted by atomic mass is 9.95. The number of nitrogens with two attached hydrogens (primary N) is 1. The Kier molecular flexibility index (Phi) is 6.04. The van der Waals surface area contributed by atoms with E-state index >= 15 is 0 Å². The van der Waals surface area contributed by atoms with Crippen molar-refractivity contribution >= 4 is 15.8 Å². The van der Waals surface area contributed by atoms with Gasteiger partial charge < -0.3 is 20.1 Å². The summed E-state index contributed by atoms with van der Waals surface area (Å²) < 4.78 is 39.0. The molecule has 0 spiro atoms. The third-order valence-electron chi connectivity index (χ3n) is 5.66. The van der Waals surface area contributed by atoms with E-state index in [0.717, 1.165) is 5.56 Å². The molecule has 1 aliphatic rings. The Morgan fingerprint density at radius 3 is 2.59 bits per heavy atom. The quantitative estimate of drug-likeness (QED) is 0.511. The molecule has 10 heteroatoms. The summed E-state index contributed by atoms with van der Waals surface area (Å²) in [5.41, 5.74) is 8.48. The lowest BCUT2D eigenvalue weighted by Gasteiger charge is -2.32. The van der Waals surface area contributed by atoms with Gasteiger partial charge >= 0.3 is 0 Å². The summed E-state index contributed by atoms with van der Waals surface area (Å²) in [5.74, 6) is 0.778. The normalized spacial score (nSPS) is 16.2. The maximum atomic E-state index is 12.9. The number of hydrogen-bond acceptors (Lipinski definition) is 8. The Bertz CT molecular complexity index is 1230. The smallest absolute Gasteiger partial charge is 0.240 e. The fraction of sp³-hybridized carbons (Fsp3) is 0.364. The number of ether oxygens (including phenoxy) is 1. The minimum atomic E-state index is -3.84. The summed E-state index contributed by atoms with van der Waals surface area (Å²) in [5, 5.41) is 14.5. The van der Waals surface area contributed by atoms with Crippen molar-refractivity contribution < 1.29 is 22.8 Å². The molecule has 0 amide bonds. The first kappa shape index (κ1) is 22.4. The summed E-state index contributed by atoms with van der Waals surface area (Å²) in [4.78, 5) is 4.36. The van der Waals surface area contributed by atoms with Crippen LogP contribution >= 0.6 is 0 Å². The van der Waals surface area contributed by atoms with Gasteiger partial charge in [-0.1, -0.05) is 11.2 Å². The van der Waals surface area contributed by atoms with Gasteiger partial charge in [0.05, 0.1) is 21.8 Å². The molecule has 9 nitrogen and oxygen atoms in total. The molecule has 0 bridgehead atoms. The van der Waals surface area contributed by atoms with E-state index < -0.39 is 15.6 Å². The molecule has 170 valence electrons. The number of aryl methyl sites for hydroxylation is 2. The standard InChI is InChI=1S/C22H26N4O5S/c1-14-3-4-17(32(28,29)25-13-22(27)5-7-30-8-6-22)11-18(14)16-10-19(21(23)24-12-16)20-9-15(2)26-31-20/h3-4,9-12,25,27H,5-8,13H2,1-2H3,(H2,23,24). The maximum absolute atomic E-state index is 12.9. The van der Waals surface area contributed by atoms with Crippen molar-refractivity contribution in [1.29, 1.82) is 0 Å². The minimum absolute atomic E-state index is 0.0691. The Hall–Kier alpha value is -2.79. The average Bonchev–Trinajstić information content (AvgIpc) is 3.20. The van der Waals surface area contributed by atoms with Crippen LogP contribution in [0.1, 0.15) is 24.1 Å². The number of anilines is 1. The van der Waals surface area contributed by atoms with Crippen LogP contribution in [-0.2, 0) is 14.8 Å². The first-order valence-corrected chi connectivity index (χ1v) is 11.8. The van der Waals surface area contributed by atoms with Crippen molar-refractivity contribution in [3.05, 3.63) is 47.8 Å². The predicted octanol–water partition coefficient (Wildman–Crippen LogP) is 2.42. The highest BCUT2D eigenvalue weighted by Crippen LogP contribution is 2.32. The monoisotopic (exact) mass is 458 g/mol. The van der Waals surface area contributed by atoms with E-state index in [1.54, 1.807) is 36.5 Å². The van der Waals surface area contributed by atoms with E-state index in [0.29, 0.717) is 54.2 Å². The summed E-state index contributed by atoms with van der Waals surface area (Å²) in [6.45, 7) is 4.44. The Morgan fingerprint density at radius 2 is 1.91 bits per heavy atom. The number of aliphatic hydroxyl groups is 1. The highest BCUT2D eigenvalue weighted by atomic mass is 32.2. The van der Waals surface area contributed by atoms with Crippen molar-refractivity contribution in [3.8, 4) is 22.5 Å². The second-order valence-electron chi connectivity index (χ2n) is 8.13. The largest absolute Gasteiger partial charge is 0.388 e. The molecule has 1 aliphatic heterocycles. The molecule has 0 saturated carbocycles. The van der Waals surface area contributed by atoms with Gasteiger partial charge in [0, 0.05) is 50.4 Å². The van der Waals surface area contributed by atoms with Crippen LogP contribution in [0.2, 0.25) is 0 Å². The molecule has 0 aliphatic carbocycles. The van der Waals surface area contributed by atoms with Crippen LogP contribution in [0.15, 0.2) is 45.9 Å². The Morgan fingerprint density at radius 1 is 1.16 bits per heavy atom.